The second-order valence-corrected chi connectivity index (χ2v) is 8.77. The molecule has 1 fully saturated rings. The zero-order valence-corrected chi connectivity index (χ0v) is 19.6. The van der Waals surface area contributed by atoms with Crippen LogP contribution in [0.1, 0.15) is 36.5 Å². The monoisotopic (exact) mass is 478 g/mol. The smallest absolute Gasteiger partial charge is 0.265 e. The van der Waals surface area contributed by atoms with Crippen LogP contribution in [0.4, 0.5) is 20.4 Å². The van der Waals surface area contributed by atoms with E-state index < -0.39 is 5.92 Å². The first-order valence-electron chi connectivity index (χ1n) is 11.9. The van der Waals surface area contributed by atoms with Crippen molar-refractivity contribution < 1.29 is 13.5 Å². The molecule has 1 aliphatic rings. The predicted octanol–water partition coefficient (Wildman–Crippen LogP) is 5.11. The number of aryl methyl sites for hydroxylation is 1. The van der Waals surface area contributed by atoms with Crippen molar-refractivity contribution in [3.05, 3.63) is 77.6 Å². The number of hydrogen-bond donors (Lipinski definition) is 1. The molecule has 0 aliphatic carbocycles. The number of aromatic nitrogens is 4. The Morgan fingerprint density at radius 2 is 1.94 bits per heavy atom. The van der Waals surface area contributed by atoms with Gasteiger partial charge in [-0.1, -0.05) is 43.3 Å². The number of rotatable bonds is 8. The highest BCUT2D eigenvalue weighted by Crippen LogP contribution is 2.31. The Balaban J connectivity index is 1.31. The molecule has 4 aromatic rings. The highest BCUT2D eigenvalue weighted by Gasteiger charge is 2.36. The van der Waals surface area contributed by atoms with Gasteiger partial charge in [0.25, 0.3) is 5.92 Å². The number of ether oxygens (including phenoxy) is 1. The highest BCUT2D eigenvalue weighted by atomic mass is 19.3. The normalized spacial score (nSPS) is 15.3. The molecule has 9 heteroatoms. The van der Waals surface area contributed by atoms with E-state index in [1.54, 1.807) is 27.9 Å². The number of benzene rings is 1. The molecule has 0 radical (unpaired) electrons. The summed E-state index contributed by atoms with van der Waals surface area (Å²) in [5.74, 6) is -0.916. The third kappa shape index (κ3) is 5.34. The second kappa shape index (κ2) is 9.85. The van der Waals surface area contributed by atoms with E-state index in [1.807, 2.05) is 49.4 Å². The van der Waals surface area contributed by atoms with Crippen molar-refractivity contribution in [3.8, 4) is 5.88 Å². The molecule has 3 aromatic heterocycles. The molecule has 0 amide bonds. The molecule has 0 atom stereocenters. The average molecular weight is 479 g/mol. The number of alkyl halides is 2. The van der Waals surface area contributed by atoms with Gasteiger partial charge < -0.3 is 15.0 Å². The van der Waals surface area contributed by atoms with Gasteiger partial charge in [-0.2, -0.15) is 9.61 Å². The van der Waals surface area contributed by atoms with Crippen molar-refractivity contribution in [2.45, 2.75) is 45.3 Å². The molecule has 5 rings (SSSR count). The maximum atomic E-state index is 14.1. The summed E-state index contributed by atoms with van der Waals surface area (Å²) in [7, 11) is 0. The van der Waals surface area contributed by atoms with Crippen LogP contribution in [0.3, 0.4) is 0 Å². The maximum absolute atomic E-state index is 14.1. The summed E-state index contributed by atoms with van der Waals surface area (Å²) in [6.07, 6.45) is 4.65. The largest absolute Gasteiger partial charge is 0.473 e. The lowest BCUT2D eigenvalue weighted by atomic mass is 10.1. The van der Waals surface area contributed by atoms with Crippen LogP contribution in [0.15, 0.2) is 60.9 Å². The molecule has 1 saturated heterocycles. The Hall–Kier alpha value is -3.75. The molecule has 0 saturated carbocycles. The van der Waals surface area contributed by atoms with Gasteiger partial charge >= 0.3 is 0 Å². The summed E-state index contributed by atoms with van der Waals surface area (Å²) in [6.45, 7) is 3.21. The van der Waals surface area contributed by atoms with E-state index in [-0.39, 0.29) is 13.0 Å². The molecular formula is C26H28F2N6O. The van der Waals surface area contributed by atoms with E-state index in [9.17, 15) is 8.78 Å². The Morgan fingerprint density at radius 1 is 1.09 bits per heavy atom. The summed E-state index contributed by atoms with van der Waals surface area (Å²) in [4.78, 5) is 10.8. The number of fused-ring (bicyclic) bond motifs is 1. The van der Waals surface area contributed by atoms with Crippen molar-refractivity contribution in [2.24, 2.45) is 0 Å². The molecule has 0 bridgehead atoms. The Bertz CT molecular complexity index is 1280. The van der Waals surface area contributed by atoms with E-state index in [1.165, 1.54) is 0 Å². The van der Waals surface area contributed by atoms with Crippen LogP contribution >= 0.6 is 0 Å². The minimum absolute atomic E-state index is 0.0815. The first-order valence-corrected chi connectivity index (χ1v) is 11.9. The second-order valence-electron chi connectivity index (χ2n) is 8.77. The van der Waals surface area contributed by atoms with E-state index >= 15 is 0 Å². The van der Waals surface area contributed by atoms with E-state index in [0.717, 1.165) is 23.1 Å². The maximum Gasteiger partial charge on any atom is 0.265 e. The van der Waals surface area contributed by atoms with Crippen molar-refractivity contribution >= 4 is 17.3 Å². The number of hydrogen-bond acceptors (Lipinski definition) is 6. The third-order valence-corrected chi connectivity index (χ3v) is 6.13. The lowest BCUT2D eigenvalue weighted by molar-refractivity contribution is -0.0118. The summed E-state index contributed by atoms with van der Waals surface area (Å²) in [5, 5.41) is 7.86. The summed E-state index contributed by atoms with van der Waals surface area (Å²) in [5.41, 5.74) is 3.69. The molecule has 7 nitrogen and oxygen atoms in total. The van der Waals surface area contributed by atoms with Crippen LogP contribution in [-0.2, 0) is 19.6 Å². The minimum atomic E-state index is -2.70. The first kappa shape index (κ1) is 23.0. The zero-order chi connectivity index (χ0) is 24.3. The van der Waals surface area contributed by atoms with Gasteiger partial charge in [-0.25, -0.2) is 18.7 Å². The molecule has 0 spiro atoms. The van der Waals surface area contributed by atoms with Crippen molar-refractivity contribution in [2.75, 3.05) is 23.3 Å². The van der Waals surface area contributed by atoms with E-state index in [2.05, 4.69) is 15.4 Å². The number of pyridine rings is 1. The lowest BCUT2D eigenvalue weighted by Crippen LogP contribution is -2.43. The molecule has 0 unspecified atom stereocenters. The van der Waals surface area contributed by atoms with Crippen LogP contribution in [0.25, 0.3) is 5.65 Å². The summed E-state index contributed by atoms with van der Waals surface area (Å²) >= 11 is 0. The van der Waals surface area contributed by atoms with Gasteiger partial charge in [-0.05, 0) is 24.0 Å². The van der Waals surface area contributed by atoms with Crippen molar-refractivity contribution in [1.82, 2.24) is 19.6 Å². The Morgan fingerprint density at radius 3 is 2.69 bits per heavy atom. The fourth-order valence-corrected chi connectivity index (χ4v) is 4.22. The topological polar surface area (TPSA) is 67.6 Å². The molecule has 4 heterocycles. The van der Waals surface area contributed by atoms with Gasteiger partial charge in [0, 0.05) is 43.4 Å². The number of nitrogens with one attached hydrogen (secondary N) is 1. The van der Waals surface area contributed by atoms with Crippen LogP contribution in [0.2, 0.25) is 0 Å². The number of halogens is 2. The van der Waals surface area contributed by atoms with Crippen LogP contribution in [0.5, 0.6) is 5.88 Å². The quantitative estimate of drug-likeness (QED) is 0.380. The minimum Gasteiger partial charge on any atom is -0.473 e. The molecular weight excluding hydrogens is 450 g/mol. The summed E-state index contributed by atoms with van der Waals surface area (Å²) < 4.78 is 35.6. The predicted molar refractivity (Wildman–Crippen MR) is 131 cm³/mol. The molecule has 1 aliphatic heterocycles. The molecule has 1 aromatic carbocycles. The fourth-order valence-electron chi connectivity index (χ4n) is 4.22. The van der Waals surface area contributed by atoms with Crippen LogP contribution in [0, 0.1) is 0 Å². The Labute approximate surface area is 202 Å². The first-order chi connectivity index (χ1) is 17.0. The Kier molecular flexibility index (Phi) is 6.48. The van der Waals surface area contributed by atoms with Gasteiger partial charge in [0.15, 0.2) is 5.65 Å². The third-order valence-electron chi connectivity index (χ3n) is 6.13. The van der Waals surface area contributed by atoms with Crippen LogP contribution < -0.4 is 15.0 Å². The molecule has 1 N–H and O–H groups in total. The number of anilines is 2. The van der Waals surface area contributed by atoms with Gasteiger partial charge in [0.1, 0.15) is 18.2 Å². The zero-order valence-electron chi connectivity index (χ0n) is 19.6. The average Bonchev–Trinajstić information content (AvgIpc) is 3.30. The number of piperidine rings is 1. The van der Waals surface area contributed by atoms with Gasteiger partial charge in [0.05, 0.1) is 12.7 Å². The van der Waals surface area contributed by atoms with Crippen LogP contribution in [-0.4, -0.2) is 38.6 Å². The highest BCUT2D eigenvalue weighted by molar-refractivity contribution is 5.61. The fraction of sp³-hybridized carbons (Fsp3) is 0.346. The van der Waals surface area contributed by atoms with Gasteiger partial charge in [-0.3, -0.25) is 0 Å². The SMILES string of the molecule is CCc1cnn2c(NCc3ccc(OCc4ccccc4)nc3)cc(N3CCCC(F)(F)C3)nc12. The standard InChI is InChI=1S/C26H28F2N6O/c1-2-21-16-31-34-22(13-23(32-25(21)34)33-12-6-11-26(27,28)18-33)29-14-20-9-10-24(30-15-20)35-17-19-7-4-3-5-8-19/h3-5,7-10,13,15-16,29H,2,6,11-12,14,17-18H2,1H3. The molecule has 35 heavy (non-hydrogen) atoms. The van der Waals surface area contributed by atoms with Gasteiger partial charge in [-0.15, -0.1) is 0 Å². The molecule has 182 valence electrons. The van der Waals surface area contributed by atoms with Crippen molar-refractivity contribution in [1.29, 1.82) is 0 Å². The lowest BCUT2D eigenvalue weighted by Gasteiger charge is -2.33. The van der Waals surface area contributed by atoms with E-state index in [4.69, 9.17) is 9.72 Å². The van der Waals surface area contributed by atoms with Gasteiger partial charge in [0.2, 0.25) is 5.88 Å². The number of nitrogens with zero attached hydrogens (tertiary/aromatic N) is 5. The van der Waals surface area contributed by atoms with E-state index in [0.29, 0.717) is 49.3 Å². The summed E-state index contributed by atoms with van der Waals surface area (Å²) in [6, 6.07) is 15.5. The van der Waals surface area contributed by atoms with Crippen molar-refractivity contribution in [3.63, 3.8) is 0 Å².